The summed E-state index contributed by atoms with van der Waals surface area (Å²) >= 11 is 0. The molecule has 3 aliphatic rings. The second-order valence-electron chi connectivity index (χ2n) is 15.2. The van der Waals surface area contributed by atoms with Crippen LogP contribution in [0.3, 0.4) is 0 Å². The van der Waals surface area contributed by atoms with Gasteiger partial charge in [-0.25, -0.2) is 0 Å². The van der Waals surface area contributed by atoms with Gasteiger partial charge in [0.05, 0.1) is 11.1 Å². The van der Waals surface area contributed by atoms with Crippen LogP contribution in [-0.4, -0.2) is 0 Å². The lowest BCUT2D eigenvalue weighted by Crippen LogP contribution is -2.26. The average Bonchev–Trinajstić information content (AvgIpc) is 3.77. The van der Waals surface area contributed by atoms with E-state index in [-0.39, 0.29) is 5.41 Å². The molecule has 0 saturated heterocycles. The SMILES string of the molecule is C=CC1=C(/C=C\C)C2(c3ccccc31)c1ccccc1-c1cc(N(c3cccc(-c4ccccc4)c3)c3cccc4c3-c3ccccc3C4(C)C)ccc12. The quantitative estimate of drug-likeness (QED) is 0.168. The fourth-order valence-corrected chi connectivity index (χ4v) is 9.93. The Morgan fingerprint density at radius 1 is 0.500 bits per heavy atom. The van der Waals surface area contributed by atoms with E-state index in [1.807, 2.05) is 0 Å². The predicted molar refractivity (Wildman–Crippen MR) is 228 cm³/mol. The molecule has 0 bridgehead atoms. The predicted octanol–water partition coefficient (Wildman–Crippen LogP) is 14.0. The van der Waals surface area contributed by atoms with Crippen molar-refractivity contribution in [3.63, 3.8) is 0 Å². The highest BCUT2D eigenvalue weighted by Crippen LogP contribution is 2.63. The van der Waals surface area contributed by atoms with Crippen molar-refractivity contribution in [3.8, 4) is 33.4 Å². The van der Waals surface area contributed by atoms with E-state index in [0.717, 1.165) is 11.4 Å². The van der Waals surface area contributed by atoms with Crippen molar-refractivity contribution >= 4 is 22.6 Å². The molecule has 7 aromatic rings. The van der Waals surface area contributed by atoms with Gasteiger partial charge in [-0.2, -0.15) is 0 Å². The van der Waals surface area contributed by atoms with Crippen molar-refractivity contribution in [3.05, 3.63) is 228 Å². The molecule has 1 heteroatoms. The molecule has 1 atom stereocenters. The third-order valence-electron chi connectivity index (χ3n) is 12.2. The van der Waals surface area contributed by atoms with Crippen LogP contribution in [0.4, 0.5) is 17.1 Å². The molecule has 1 nitrogen and oxygen atoms in total. The Morgan fingerprint density at radius 2 is 1.09 bits per heavy atom. The zero-order valence-corrected chi connectivity index (χ0v) is 31.0. The van der Waals surface area contributed by atoms with Crippen molar-refractivity contribution in [1.82, 2.24) is 0 Å². The Balaban J connectivity index is 1.26. The second kappa shape index (κ2) is 12.0. The number of allylic oxidation sites excluding steroid dienone is 5. The van der Waals surface area contributed by atoms with Crippen LogP contribution in [0.25, 0.3) is 39.0 Å². The molecule has 1 unspecified atom stereocenters. The first kappa shape index (κ1) is 32.2. The van der Waals surface area contributed by atoms with Gasteiger partial charge < -0.3 is 4.90 Å². The Hall–Kier alpha value is -6.44. The van der Waals surface area contributed by atoms with E-state index in [4.69, 9.17) is 0 Å². The largest absolute Gasteiger partial charge is 0.310 e. The number of hydrogen-bond donors (Lipinski definition) is 0. The Labute approximate surface area is 318 Å². The lowest BCUT2D eigenvalue weighted by Gasteiger charge is -2.32. The highest BCUT2D eigenvalue weighted by molar-refractivity contribution is 6.00. The van der Waals surface area contributed by atoms with Crippen molar-refractivity contribution in [2.45, 2.75) is 31.6 Å². The van der Waals surface area contributed by atoms with Gasteiger partial charge in [0.15, 0.2) is 0 Å². The summed E-state index contributed by atoms with van der Waals surface area (Å²) in [6.07, 6.45) is 6.54. The molecule has 0 heterocycles. The first-order valence-corrected chi connectivity index (χ1v) is 19.0. The van der Waals surface area contributed by atoms with E-state index in [1.54, 1.807) is 0 Å². The molecule has 10 rings (SSSR count). The first-order chi connectivity index (χ1) is 26.5. The molecule has 0 radical (unpaired) electrons. The van der Waals surface area contributed by atoms with Crippen LogP contribution in [-0.2, 0) is 10.8 Å². The zero-order valence-electron chi connectivity index (χ0n) is 31.0. The molecule has 0 amide bonds. The minimum atomic E-state index is -0.438. The third-order valence-corrected chi connectivity index (χ3v) is 12.2. The van der Waals surface area contributed by atoms with Gasteiger partial charge >= 0.3 is 0 Å². The van der Waals surface area contributed by atoms with Gasteiger partial charge in [-0.05, 0) is 110 Å². The van der Waals surface area contributed by atoms with E-state index in [9.17, 15) is 0 Å². The number of rotatable bonds is 6. The molecule has 1 spiro atoms. The second-order valence-corrected chi connectivity index (χ2v) is 15.2. The molecule has 0 aromatic heterocycles. The van der Waals surface area contributed by atoms with Crippen molar-refractivity contribution < 1.29 is 0 Å². The van der Waals surface area contributed by atoms with Gasteiger partial charge in [0.1, 0.15) is 0 Å². The van der Waals surface area contributed by atoms with Crippen LogP contribution < -0.4 is 4.90 Å². The molecule has 54 heavy (non-hydrogen) atoms. The van der Waals surface area contributed by atoms with Crippen LogP contribution >= 0.6 is 0 Å². The molecular weight excluding hydrogens is 651 g/mol. The Bertz CT molecular complexity index is 2720. The molecule has 0 fully saturated rings. The number of nitrogens with zero attached hydrogens (tertiary/aromatic N) is 1. The summed E-state index contributed by atoms with van der Waals surface area (Å²) in [7, 11) is 0. The van der Waals surface area contributed by atoms with Crippen molar-refractivity contribution in [2.24, 2.45) is 0 Å². The van der Waals surface area contributed by atoms with Gasteiger partial charge in [0.2, 0.25) is 0 Å². The fraction of sp³-hybridized carbons (Fsp3) is 0.0943. The van der Waals surface area contributed by atoms with Crippen LogP contribution in [0.15, 0.2) is 194 Å². The molecule has 3 aliphatic carbocycles. The molecule has 0 N–H and O–H groups in total. The zero-order chi connectivity index (χ0) is 36.6. The summed E-state index contributed by atoms with van der Waals surface area (Å²) in [5.74, 6) is 0. The highest BCUT2D eigenvalue weighted by Gasteiger charge is 2.52. The molecule has 7 aromatic carbocycles. The fourth-order valence-electron chi connectivity index (χ4n) is 9.93. The Kier molecular flexibility index (Phi) is 7.19. The van der Waals surface area contributed by atoms with Gasteiger partial charge in [-0.3, -0.25) is 0 Å². The van der Waals surface area contributed by atoms with Gasteiger partial charge in [-0.15, -0.1) is 0 Å². The number of hydrogen-bond acceptors (Lipinski definition) is 1. The van der Waals surface area contributed by atoms with Crippen LogP contribution in [0.5, 0.6) is 0 Å². The molecule has 0 aliphatic heterocycles. The van der Waals surface area contributed by atoms with Gasteiger partial charge in [-0.1, -0.05) is 172 Å². The van der Waals surface area contributed by atoms with E-state index in [1.165, 1.54) is 83.6 Å². The van der Waals surface area contributed by atoms with Gasteiger partial charge in [0.25, 0.3) is 0 Å². The minimum absolute atomic E-state index is 0.114. The maximum absolute atomic E-state index is 4.33. The topological polar surface area (TPSA) is 3.24 Å². The minimum Gasteiger partial charge on any atom is -0.310 e. The summed E-state index contributed by atoms with van der Waals surface area (Å²) in [5.41, 5.74) is 20.9. The van der Waals surface area contributed by atoms with Gasteiger partial charge in [0, 0.05) is 22.4 Å². The molecular formula is C53H41N. The Morgan fingerprint density at radius 3 is 1.85 bits per heavy atom. The number of fused-ring (bicyclic) bond motifs is 10. The summed E-state index contributed by atoms with van der Waals surface area (Å²) < 4.78 is 0. The van der Waals surface area contributed by atoms with E-state index in [2.05, 4.69) is 214 Å². The molecule has 0 saturated carbocycles. The normalized spacial score (nSPS) is 16.9. The maximum Gasteiger partial charge on any atom is 0.0725 e. The van der Waals surface area contributed by atoms with E-state index >= 15 is 0 Å². The summed E-state index contributed by atoms with van der Waals surface area (Å²) in [6.45, 7) is 11.2. The average molecular weight is 692 g/mol. The first-order valence-electron chi connectivity index (χ1n) is 19.0. The third kappa shape index (κ3) is 4.33. The van der Waals surface area contributed by atoms with Crippen molar-refractivity contribution in [2.75, 3.05) is 4.90 Å². The summed E-state index contributed by atoms with van der Waals surface area (Å²) in [4.78, 5) is 2.50. The monoisotopic (exact) mass is 691 g/mol. The standard InChI is InChI=1S/C53H41N/c1-5-18-45-39(6-2)40-23-10-14-27-46(40)53(45)47-28-15-11-24-41(47)43-34-38(31-32-48(43)53)54(37-22-16-21-36(33-37)35-19-8-7-9-20-35)50-30-17-29-49-51(50)42-25-12-13-26-44(42)52(49,3)4/h5-34H,2H2,1,3-4H3/b18-5-. The van der Waals surface area contributed by atoms with Crippen LogP contribution in [0.2, 0.25) is 0 Å². The highest BCUT2D eigenvalue weighted by atomic mass is 15.1. The lowest BCUT2D eigenvalue weighted by atomic mass is 9.69. The van der Waals surface area contributed by atoms with E-state index < -0.39 is 5.41 Å². The smallest absolute Gasteiger partial charge is 0.0725 e. The van der Waals surface area contributed by atoms with E-state index in [0.29, 0.717) is 0 Å². The summed E-state index contributed by atoms with van der Waals surface area (Å²) in [5, 5.41) is 0. The van der Waals surface area contributed by atoms with Crippen LogP contribution in [0.1, 0.15) is 54.2 Å². The maximum atomic E-state index is 4.33. The number of benzene rings is 7. The molecule has 258 valence electrons. The van der Waals surface area contributed by atoms with Crippen LogP contribution in [0, 0.1) is 0 Å². The number of anilines is 3. The summed E-state index contributed by atoms with van der Waals surface area (Å²) in [6, 6.07) is 60.7. The van der Waals surface area contributed by atoms with Crippen molar-refractivity contribution in [1.29, 1.82) is 0 Å². The lowest BCUT2D eigenvalue weighted by molar-refractivity contribution is 0.660.